The van der Waals surface area contributed by atoms with E-state index in [1.165, 1.54) is 6.08 Å². The lowest BCUT2D eigenvalue weighted by Crippen LogP contribution is -2.33. The Balaban J connectivity index is 1.79. The molecule has 3 N–H and O–H groups in total. The topological polar surface area (TPSA) is 132 Å². The smallest absolute Gasteiger partial charge is 0.324 e. The summed E-state index contributed by atoms with van der Waals surface area (Å²) >= 11 is 0. The molecule has 9 nitrogen and oxygen atoms in total. The molecule has 0 bridgehead atoms. The number of hydrogen-bond acceptors (Lipinski definition) is 7. The molecule has 0 aliphatic heterocycles. The number of rotatable bonds is 10. The lowest BCUT2D eigenvalue weighted by Gasteiger charge is -2.14. The van der Waals surface area contributed by atoms with Gasteiger partial charge in [-0.1, -0.05) is 32.6 Å². The number of methoxy groups -OCH3 is 1. The minimum Gasteiger partial charge on any atom is -0.497 e. The lowest BCUT2D eigenvalue weighted by atomic mass is 10.0. The Labute approximate surface area is 232 Å². The standard InChI is InChI=1S/C31H31N5O4/c1-5-29(37)35-24-11-22(12-25(14-24)39-4)23-13-26-27(21-8-6-7-20(10-21)15-32)17-36(30(26)34-16-23)18-40-31(38)28(33)9-19(2)3/h5-8,10-14,16-17,19,28H,1,9,18,33H2,2-4H3,(H,35,37). The van der Waals surface area contributed by atoms with Crippen LogP contribution in [0.25, 0.3) is 33.3 Å². The van der Waals surface area contributed by atoms with Gasteiger partial charge in [0.15, 0.2) is 6.73 Å². The summed E-state index contributed by atoms with van der Waals surface area (Å²) in [5, 5.41) is 13.0. The summed E-state index contributed by atoms with van der Waals surface area (Å²) in [6.45, 7) is 7.42. The molecular formula is C31H31N5O4. The molecule has 0 fully saturated rings. The Bertz CT molecular complexity index is 1620. The predicted octanol–water partition coefficient (Wildman–Crippen LogP) is 5.25. The first-order valence-corrected chi connectivity index (χ1v) is 12.8. The molecule has 0 radical (unpaired) electrons. The average Bonchev–Trinajstić information content (AvgIpc) is 3.33. The number of anilines is 1. The number of pyridine rings is 1. The molecule has 0 saturated heterocycles. The van der Waals surface area contributed by atoms with Crippen molar-refractivity contribution < 1.29 is 19.1 Å². The summed E-state index contributed by atoms with van der Waals surface area (Å²) in [5.74, 6) is -0.00439. The number of nitrogens with zero attached hydrogens (tertiary/aromatic N) is 3. The average molecular weight is 538 g/mol. The van der Waals surface area contributed by atoms with Crippen LogP contribution in [0.1, 0.15) is 25.8 Å². The van der Waals surface area contributed by atoms with Gasteiger partial charge in [0.1, 0.15) is 17.4 Å². The van der Waals surface area contributed by atoms with E-state index >= 15 is 0 Å². The van der Waals surface area contributed by atoms with Gasteiger partial charge < -0.3 is 20.5 Å². The molecule has 1 atom stereocenters. The number of amides is 1. The van der Waals surface area contributed by atoms with Gasteiger partial charge in [0, 0.05) is 40.7 Å². The summed E-state index contributed by atoms with van der Waals surface area (Å²) < 4.78 is 12.7. The monoisotopic (exact) mass is 537 g/mol. The summed E-state index contributed by atoms with van der Waals surface area (Å²) in [6.07, 6.45) is 5.27. The van der Waals surface area contributed by atoms with E-state index < -0.39 is 12.0 Å². The van der Waals surface area contributed by atoms with E-state index in [0.717, 1.165) is 27.6 Å². The number of nitrogens with two attached hydrogens (primary N) is 1. The van der Waals surface area contributed by atoms with Crippen LogP contribution in [0.4, 0.5) is 5.69 Å². The maximum Gasteiger partial charge on any atom is 0.324 e. The molecule has 9 heteroatoms. The third-order valence-corrected chi connectivity index (χ3v) is 6.32. The van der Waals surface area contributed by atoms with E-state index in [0.29, 0.717) is 29.1 Å². The minimum absolute atomic E-state index is 0.0672. The van der Waals surface area contributed by atoms with Gasteiger partial charge in [-0.3, -0.25) is 14.2 Å². The van der Waals surface area contributed by atoms with E-state index in [9.17, 15) is 14.9 Å². The fourth-order valence-electron chi connectivity index (χ4n) is 4.41. The first kappa shape index (κ1) is 28.1. The summed E-state index contributed by atoms with van der Waals surface area (Å²) in [4.78, 5) is 29.1. The number of benzene rings is 2. The van der Waals surface area contributed by atoms with E-state index in [2.05, 4.69) is 18.0 Å². The van der Waals surface area contributed by atoms with Gasteiger partial charge in [0.2, 0.25) is 5.91 Å². The zero-order valence-corrected chi connectivity index (χ0v) is 22.7. The molecule has 4 rings (SSSR count). The first-order valence-electron chi connectivity index (χ1n) is 12.8. The van der Waals surface area contributed by atoms with Crippen molar-refractivity contribution >= 4 is 28.6 Å². The van der Waals surface area contributed by atoms with Crippen LogP contribution in [0.2, 0.25) is 0 Å². The molecule has 4 aromatic rings. The number of aromatic nitrogens is 2. The third kappa shape index (κ3) is 6.37. The fraction of sp³-hybridized carbons (Fsp3) is 0.226. The van der Waals surface area contributed by atoms with E-state index in [4.69, 9.17) is 20.2 Å². The van der Waals surface area contributed by atoms with E-state index in [1.807, 2.05) is 50.4 Å². The number of esters is 1. The second kappa shape index (κ2) is 12.3. The largest absolute Gasteiger partial charge is 0.497 e. The molecular weight excluding hydrogens is 506 g/mol. The number of fused-ring (bicyclic) bond motifs is 1. The second-order valence-electron chi connectivity index (χ2n) is 9.77. The normalized spacial score (nSPS) is 11.6. The quantitative estimate of drug-likeness (QED) is 0.209. The van der Waals surface area contributed by atoms with Gasteiger partial charge >= 0.3 is 5.97 Å². The van der Waals surface area contributed by atoms with E-state index in [-0.39, 0.29) is 18.6 Å². The van der Waals surface area contributed by atoms with Crippen LogP contribution in [-0.4, -0.2) is 34.6 Å². The molecule has 204 valence electrons. The van der Waals surface area contributed by atoms with Crippen LogP contribution < -0.4 is 15.8 Å². The second-order valence-corrected chi connectivity index (χ2v) is 9.77. The highest BCUT2D eigenvalue weighted by Crippen LogP contribution is 2.35. The molecule has 2 aromatic carbocycles. The zero-order valence-electron chi connectivity index (χ0n) is 22.7. The van der Waals surface area contributed by atoms with Crippen molar-refractivity contribution in [1.29, 1.82) is 5.26 Å². The van der Waals surface area contributed by atoms with Gasteiger partial charge in [-0.25, -0.2) is 4.98 Å². The van der Waals surface area contributed by atoms with Crippen LogP contribution in [0.5, 0.6) is 5.75 Å². The zero-order chi connectivity index (χ0) is 28.8. The van der Waals surface area contributed by atoms with Crippen molar-refractivity contribution in [2.45, 2.75) is 33.0 Å². The summed E-state index contributed by atoms with van der Waals surface area (Å²) in [5.41, 5.74) is 10.8. The summed E-state index contributed by atoms with van der Waals surface area (Å²) in [7, 11) is 1.55. The first-order chi connectivity index (χ1) is 19.2. The van der Waals surface area contributed by atoms with Crippen LogP contribution in [0, 0.1) is 17.2 Å². The molecule has 40 heavy (non-hydrogen) atoms. The van der Waals surface area contributed by atoms with Crippen LogP contribution in [0.3, 0.4) is 0 Å². The van der Waals surface area contributed by atoms with Crippen molar-refractivity contribution in [3.05, 3.63) is 79.1 Å². The highest BCUT2D eigenvalue weighted by atomic mass is 16.5. The molecule has 0 saturated carbocycles. The van der Waals surface area contributed by atoms with Gasteiger partial charge in [-0.05, 0) is 59.9 Å². The number of carbonyl (C=O) groups excluding carboxylic acids is 2. The van der Waals surface area contributed by atoms with Gasteiger partial charge in [-0.2, -0.15) is 5.26 Å². The van der Waals surface area contributed by atoms with Crippen LogP contribution in [0.15, 0.2) is 73.6 Å². The Morgan fingerprint density at radius 2 is 1.98 bits per heavy atom. The van der Waals surface area contributed by atoms with Crippen molar-refractivity contribution in [3.8, 4) is 34.1 Å². The van der Waals surface area contributed by atoms with Crippen molar-refractivity contribution in [3.63, 3.8) is 0 Å². The Morgan fingerprint density at radius 3 is 2.67 bits per heavy atom. The number of nitrogens with one attached hydrogen (secondary N) is 1. The number of hydrogen-bond donors (Lipinski definition) is 2. The van der Waals surface area contributed by atoms with Crippen LogP contribution in [-0.2, 0) is 21.1 Å². The molecule has 2 heterocycles. The lowest BCUT2D eigenvalue weighted by molar-refractivity contribution is -0.149. The van der Waals surface area contributed by atoms with Gasteiger partial charge in [-0.15, -0.1) is 0 Å². The molecule has 0 aliphatic rings. The highest BCUT2D eigenvalue weighted by Gasteiger charge is 2.19. The molecule has 1 unspecified atom stereocenters. The van der Waals surface area contributed by atoms with E-state index in [1.54, 1.807) is 36.1 Å². The Morgan fingerprint density at radius 1 is 1.18 bits per heavy atom. The Kier molecular flexibility index (Phi) is 8.62. The summed E-state index contributed by atoms with van der Waals surface area (Å²) in [6, 6.07) is 16.1. The maximum absolute atomic E-state index is 12.5. The van der Waals surface area contributed by atoms with Gasteiger partial charge in [0.25, 0.3) is 0 Å². The number of nitriles is 1. The Hall–Kier alpha value is -4.94. The molecule has 0 spiro atoms. The predicted molar refractivity (Wildman–Crippen MR) is 154 cm³/mol. The fourth-order valence-corrected chi connectivity index (χ4v) is 4.41. The maximum atomic E-state index is 12.5. The van der Waals surface area contributed by atoms with Crippen molar-refractivity contribution in [1.82, 2.24) is 9.55 Å². The number of carbonyl (C=O) groups is 2. The van der Waals surface area contributed by atoms with Crippen molar-refractivity contribution in [2.75, 3.05) is 12.4 Å². The van der Waals surface area contributed by atoms with Crippen LogP contribution >= 0.6 is 0 Å². The molecule has 1 amide bonds. The van der Waals surface area contributed by atoms with Gasteiger partial charge in [0.05, 0.1) is 18.7 Å². The van der Waals surface area contributed by atoms with Crippen molar-refractivity contribution in [2.24, 2.45) is 11.7 Å². The number of ether oxygens (including phenoxy) is 2. The molecule has 0 aliphatic carbocycles. The third-order valence-electron chi connectivity index (χ3n) is 6.32. The SMILES string of the molecule is C=CC(=O)Nc1cc(OC)cc(-c2cnc3c(c2)c(-c2cccc(C#N)c2)cn3COC(=O)C(N)CC(C)C)c1. The minimum atomic E-state index is -0.711. The highest BCUT2D eigenvalue weighted by molar-refractivity contribution is 6.00. The molecule has 2 aromatic heterocycles.